The van der Waals surface area contributed by atoms with Crippen molar-refractivity contribution in [3.05, 3.63) is 60.2 Å². The van der Waals surface area contributed by atoms with Gasteiger partial charge >= 0.3 is 0 Å². The van der Waals surface area contributed by atoms with Crippen LogP contribution in [0.1, 0.15) is 17.9 Å². The van der Waals surface area contributed by atoms with Crippen molar-refractivity contribution in [3.63, 3.8) is 0 Å². The third-order valence-electron chi connectivity index (χ3n) is 4.63. The van der Waals surface area contributed by atoms with E-state index >= 15 is 0 Å². The Kier molecular flexibility index (Phi) is 2.87. The van der Waals surface area contributed by atoms with Gasteiger partial charge in [-0.2, -0.15) is 0 Å². The molecule has 2 aromatic carbocycles. The predicted octanol–water partition coefficient (Wildman–Crippen LogP) is 3.69. The Morgan fingerprint density at radius 2 is 1.70 bits per heavy atom. The molecule has 0 saturated carbocycles. The van der Waals surface area contributed by atoms with Crippen molar-refractivity contribution in [2.45, 2.75) is 12.3 Å². The van der Waals surface area contributed by atoms with E-state index in [1.54, 1.807) is 0 Å². The molecule has 0 amide bonds. The van der Waals surface area contributed by atoms with Crippen LogP contribution in [-0.2, 0) is 0 Å². The lowest BCUT2D eigenvalue weighted by molar-refractivity contribution is 0.297. The fourth-order valence-corrected chi connectivity index (χ4v) is 3.60. The number of hydrogen-bond donors (Lipinski definition) is 0. The zero-order valence-electron chi connectivity index (χ0n) is 11.5. The molecule has 2 heterocycles. The molecule has 0 aliphatic carbocycles. The molecule has 2 aliphatic heterocycles. The van der Waals surface area contributed by atoms with Gasteiger partial charge in [-0.25, -0.2) is 0 Å². The molecule has 1 saturated heterocycles. The molecule has 4 rings (SSSR count). The van der Waals surface area contributed by atoms with Crippen molar-refractivity contribution in [2.75, 3.05) is 24.6 Å². The molecule has 0 bridgehead atoms. The van der Waals surface area contributed by atoms with E-state index < -0.39 is 0 Å². The monoisotopic (exact) mass is 265 g/mol. The lowest BCUT2D eigenvalue weighted by Gasteiger charge is -2.19. The maximum atomic E-state index is 5.91. The highest BCUT2D eigenvalue weighted by Gasteiger charge is 2.36. The minimum absolute atomic E-state index is 0.605. The molecule has 0 spiro atoms. The molecule has 0 N–H and O–H groups in total. The van der Waals surface area contributed by atoms with Crippen molar-refractivity contribution in [1.82, 2.24) is 0 Å². The van der Waals surface area contributed by atoms with Gasteiger partial charge in [0.05, 0.1) is 6.61 Å². The Labute approximate surface area is 120 Å². The average molecular weight is 265 g/mol. The van der Waals surface area contributed by atoms with E-state index in [9.17, 15) is 0 Å². The summed E-state index contributed by atoms with van der Waals surface area (Å²) >= 11 is 0. The first-order valence-electron chi connectivity index (χ1n) is 7.43. The van der Waals surface area contributed by atoms with Gasteiger partial charge in [0, 0.05) is 24.7 Å². The van der Waals surface area contributed by atoms with Crippen LogP contribution in [0.2, 0.25) is 0 Å². The number of fused-ring (bicyclic) bond motifs is 3. The van der Waals surface area contributed by atoms with Gasteiger partial charge in [0.15, 0.2) is 0 Å². The molecule has 2 atom stereocenters. The van der Waals surface area contributed by atoms with Gasteiger partial charge in [-0.05, 0) is 36.1 Å². The van der Waals surface area contributed by atoms with Crippen molar-refractivity contribution in [3.8, 4) is 5.75 Å². The maximum absolute atomic E-state index is 5.91. The second kappa shape index (κ2) is 4.86. The fourth-order valence-electron chi connectivity index (χ4n) is 3.60. The first-order valence-corrected chi connectivity index (χ1v) is 7.43. The number of anilines is 1. The number of nitrogens with zero attached hydrogens (tertiary/aromatic N) is 1. The predicted molar refractivity (Wildman–Crippen MR) is 81.4 cm³/mol. The van der Waals surface area contributed by atoms with Gasteiger partial charge in [0.25, 0.3) is 0 Å². The number of hydrogen-bond acceptors (Lipinski definition) is 2. The van der Waals surface area contributed by atoms with Crippen molar-refractivity contribution >= 4 is 5.69 Å². The van der Waals surface area contributed by atoms with Crippen LogP contribution in [0.15, 0.2) is 54.6 Å². The SMILES string of the molecule is c1ccc(N2C[C@@H]3CCOc4ccccc4[C@H]3C2)cc1. The lowest BCUT2D eigenvalue weighted by atomic mass is 9.87. The molecule has 0 radical (unpaired) electrons. The molecule has 0 aromatic heterocycles. The third kappa shape index (κ3) is 1.96. The molecule has 2 heteroatoms. The van der Waals surface area contributed by atoms with Crippen molar-refractivity contribution in [2.24, 2.45) is 5.92 Å². The van der Waals surface area contributed by atoms with Gasteiger partial charge in [0.1, 0.15) is 5.75 Å². The van der Waals surface area contributed by atoms with Crippen LogP contribution in [0, 0.1) is 5.92 Å². The van der Waals surface area contributed by atoms with E-state index in [1.807, 2.05) is 0 Å². The third-order valence-corrected chi connectivity index (χ3v) is 4.63. The Balaban J connectivity index is 1.67. The van der Waals surface area contributed by atoms with Gasteiger partial charge in [-0.3, -0.25) is 0 Å². The summed E-state index contributed by atoms with van der Waals surface area (Å²) < 4.78 is 5.91. The Morgan fingerprint density at radius 3 is 2.60 bits per heavy atom. The van der Waals surface area contributed by atoms with E-state index in [-0.39, 0.29) is 0 Å². The number of para-hydroxylation sites is 2. The van der Waals surface area contributed by atoms with Crippen LogP contribution in [-0.4, -0.2) is 19.7 Å². The zero-order valence-corrected chi connectivity index (χ0v) is 11.5. The summed E-state index contributed by atoms with van der Waals surface area (Å²) in [7, 11) is 0. The minimum atomic E-state index is 0.605. The second-order valence-corrected chi connectivity index (χ2v) is 5.78. The molecule has 2 aromatic rings. The molecular weight excluding hydrogens is 246 g/mol. The van der Waals surface area contributed by atoms with Crippen LogP contribution in [0.3, 0.4) is 0 Å². The van der Waals surface area contributed by atoms with E-state index in [0.29, 0.717) is 11.8 Å². The van der Waals surface area contributed by atoms with Crippen LogP contribution >= 0.6 is 0 Å². The minimum Gasteiger partial charge on any atom is -0.493 e. The molecule has 20 heavy (non-hydrogen) atoms. The molecule has 1 fully saturated rings. The van der Waals surface area contributed by atoms with Crippen LogP contribution in [0.4, 0.5) is 5.69 Å². The van der Waals surface area contributed by atoms with Gasteiger partial charge in [-0.1, -0.05) is 36.4 Å². The smallest absolute Gasteiger partial charge is 0.122 e. The van der Waals surface area contributed by atoms with Crippen molar-refractivity contribution in [1.29, 1.82) is 0 Å². The summed E-state index contributed by atoms with van der Waals surface area (Å²) in [5.41, 5.74) is 2.74. The largest absolute Gasteiger partial charge is 0.493 e. The topological polar surface area (TPSA) is 12.5 Å². The van der Waals surface area contributed by atoms with E-state index in [2.05, 4.69) is 59.5 Å². The lowest BCUT2D eigenvalue weighted by Crippen LogP contribution is -2.20. The summed E-state index contributed by atoms with van der Waals surface area (Å²) in [6.45, 7) is 3.10. The van der Waals surface area contributed by atoms with Gasteiger partial charge in [0.2, 0.25) is 0 Å². The number of ether oxygens (including phenoxy) is 1. The van der Waals surface area contributed by atoms with Gasteiger partial charge < -0.3 is 9.64 Å². The summed E-state index contributed by atoms with van der Waals surface area (Å²) in [6, 6.07) is 19.3. The Morgan fingerprint density at radius 1 is 0.900 bits per heavy atom. The molecule has 0 unspecified atom stereocenters. The van der Waals surface area contributed by atoms with Crippen molar-refractivity contribution < 1.29 is 4.74 Å². The highest BCUT2D eigenvalue weighted by Crippen LogP contribution is 2.42. The zero-order chi connectivity index (χ0) is 13.4. The quantitative estimate of drug-likeness (QED) is 0.779. The standard InChI is InChI=1S/C18H19NO/c1-2-6-15(7-3-1)19-12-14-10-11-20-18-9-5-4-8-16(18)17(14)13-19/h1-9,14,17H,10-13H2/t14-,17-/m0/s1. The summed E-state index contributed by atoms with van der Waals surface area (Å²) in [4.78, 5) is 2.53. The normalized spacial score (nSPS) is 24.5. The van der Waals surface area contributed by atoms with E-state index in [0.717, 1.165) is 31.9 Å². The van der Waals surface area contributed by atoms with E-state index in [1.165, 1.54) is 11.3 Å². The molecular formula is C18H19NO. The van der Waals surface area contributed by atoms with Crippen LogP contribution in [0.25, 0.3) is 0 Å². The molecule has 2 aliphatic rings. The van der Waals surface area contributed by atoms with Gasteiger partial charge in [-0.15, -0.1) is 0 Å². The maximum Gasteiger partial charge on any atom is 0.122 e. The summed E-state index contributed by atoms with van der Waals surface area (Å²) in [6.07, 6.45) is 1.16. The number of benzene rings is 2. The number of rotatable bonds is 1. The first kappa shape index (κ1) is 11.8. The first-order chi connectivity index (χ1) is 9.92. The highest BCUT2D eigenvalue weighted by atomic mass is 16.5. The Bertz CT molecular complexity index is 595. The summed E-state index contributed by atoms with van der Waals surface area (Å²) in [5, 5.41) is 0. The van der Waals surface area contributed by atoms with Crippen LogP contribution < -0.4 is 9.64 Å². The Hall–Kier alpha value is -1.96. The summed E-state index contributed by atoms with van der Waals surface area (Å²) in [5.74, 6) is 2.41. The van der Waals surface area contributed by atoms with Crippen LogP contribution in [0.5, 0.6) is 5.75 Å². The second-order valence-electron chi connectivity index (χ2n) is 5.78. The van der Waals surface area contributed by atoms with E-state index in [4.69, 9.17) is 4.74 Å². The highest BCUT2D eigenvalue weighted by molar-refractivity contribution is 5.50. The molecule has 2 nitrogen and oxygen atoms in total. The molecule has 102 valence electrons. The fraction of sp³-hybridized carbons (Fsp3) is 0.333. The average Bonchev–Trinajstić information content (AvgIpc) is 2.85.